The molecule has 0 aromatic heterocycles. The molecule has 0 radical (unpaired) electrons. The average Bonchev–Trinajstić information content (AvgIpc) is 2.50. The third-order valence-corrected chi connectivity index (χ3v) is 2.66. The van der Waals surface area contributed by atoms with E-state index in [0.29, 0.717) is 0 Å². The first-order valence-corrected chi connectivity index (χ1v) is 6.12. The van der Waals surface area contributed by atoms with Crippen LogP contribution in [-0.2, 0) is 25.5 Å². The highest BCUT2D eigenvalue weighted by Gasteiger charge is 2.23. The monoisotopic (exact) mass is 309 g/mol. The number of carbonyl (C=O) groups excluding carboxylic acids is 3. The third kappa shape index (κ3) is 4.05. The average molecular weight is 309 g/mol. The lowest BCUT2D eigenvalue weighted by Gasteiger charge is -2.12. The quantitative estimate of drug-likeness (QED) is 0.283. The molecule has 0 heterocycles. The SMILES string of the molecule is COC(=O)/C(Cc1cccc(OC(C)=O)c1C(=O)OC)=N/O. The highest BCUT2D eigenvalue weighted by molar-refractivity contribution is 6.36. The summed E-state index contributed by atoms with van der Waals surface area (Å²) in [4.78, 5) is 34.5. The zero-order valence-corrected chi connectivity index (χ0v) is 12.3. The molecule has 0 aliphatic carbocycles. The number of benzene rings is 1. The molecule has 1 N–H and O–H groups in total. The molecule has 8 nitrogen and oxygen atoms in total. The second-order valence-corrected chi connectivity index (χ2v) is 4.09. The zero-order valence-electron chi connectivity index (χ0n) is 12.3. The van der Waals surface area contributed by atoms with Crippen molar-refractivity contribution in [3.05, 3.63) is 29.3 Å². The number of hydrogen-bond acceptors (Lipinski definition) is 8. The molecular weight excluding hydrogens is 294 g/mol. The molecule has 1 aromatic rings. The largest absolute Gasteiger partial charge is 0.465 e. The van der Waals surface area contributed by atoms with E-state index in [1.165, 1.54) is 25.1 Å². The predicted molar refractivity (Wildman–Crippen MR) is 74.0 cm³/mol. The van der Waals surface area contributed by atoms with Crippen molar-refractivity contribution in [2.24, 2.45) is 5.16 Å². The number of rotatable bonds is 5. The highest BCUT2D eigenvalue weighted by atomic mass is 16.5. The van der Waals surface area contributed by atoms with Gasteiger partial charge in [-0.05, 0) is 11.6 Å². The number of oxime groups is 1. The normalized spacial score (nSPS) is 10.8. The maximum Gasteiger partial charge on any atom is 0.356 e. The summed E-state index contributed by atoms with van der Waals surface area (Å²) in [5.41, 5.74) is -0.0679. The van der Waals surface area contributed by atoms with Crippen molar-refractivity contribution < 1.29 is 33.8 Å². The molecular formula is C14H15NO7. The second-order valence-electron chi connectivity index (χ2n) is 4.09. The van der Waals surface area contributed by atoms with Gasteiger partial charge in [-0.3, -0.25) is 4.79 Å². The van der Waals surface area contributed by atoms with E-state index in [1.807, 2.05) is 0 Å². The number of hydrogen-bond donors (Lipinski definition) is 1. The van der Waals surface area contributed by atoms with E-state index in [9.17, 15) is 14.4 Å². The van der Waals surface area contributed by atoms with E-state index in [0.717, 1.165) is 14.2 Å². The summed E-state index contributed by atoms with van der Waals surface area (Å²) >= 11 is 0. The Morgan fingerprint density at radius 2 is 1.86 bits per heavy atom. The van der Waals surface area contributed by atoms with E-state index >= 15 is 0 Å². The van der Waals surface area contributed by atoms with Gasteiger partial charge in [0.1, 0.15) is 11.3 Å². The molecule has 0 atom stereocenters. The lowest BCUT2D eigenvalue weighted by atomic mass is 10.0. The topological polar surface area (TPSA) is 111 Å². The lowest BCUT2D eigenvalue weighted by Crippen LogP contribution is -2.20. The van der Waals surface area contributed by atoms with E-state index < -0.39 is 17.9 Å². The van der Waals surface area contributed by atoms with E-state index in [-0.39, 0.29) is 29.0 Å². The van der Waals surface area contributed by atoms with Crippen LogP contribution in [0.1, 0.15) is 22.8 Å². The number of ether oxygens (including phenoxy) is 3. The summed E-state index contributed by atoms with van der Waals surface area (Å²) in [6.45, 7) is 1.18. The third-order valence-electron chi connectivity index (χ3n) is 2.66. The highest BCUT2D eigenvalue weighted by Crippen LogP contribution is 2.24. The van der Waals surface area contributed by atoms with Crippen molar-refractivity contribution in [2.45, 2.75) is 13.3 Å². The van der Waals surface area contributed by atoms with Crippen molar-refractivity contribution >= 4 is 23.6 Å². The minimum atomic E-state index is -0.851. The van der Waals surface area contributed by atoms with Gasteiger partial charge in [-0.25, -0.2) is 9.59 Å². The van der Waals surface area contributed by atoms with Crippen LogP contribution in [0, 0.1) is 0 Å². The Kier molecular flexibility index (Phi) is 6.06. The first kappa shape index (κ1) is 17.2. The predicted octanol–water partition coefficient (Wildman–Crippen LogP) is 0.944. The molecule has 0 amide bonds. The van der Waals surface area contributed by atoms with Gasteiger partial charge in [0.15, 0.2) is 5.71 Å². The molecule has 8 heteroatoms. The summed E-state index contributed by atoms with van der Waals surface area (Å²) in [6.07, 6.45) is -0.206. The first-order valence-electron chi connectivity index (χ1n) is 6.12. The molecule has 118 valence electrons. The van der Waals surface area contributed by atoms with Gasteiger partial charge in [-0.2, -0.15) is 0 Å². The molecule has 22 heavy (non-hydrogen) atoms. The molecule has 0 saturated carbocycles. The first-order chi connectivity index (χ1) is 10.4. The standard InChI is InChI=1S/C14H15NO7/c1-8(16)22-11-6-4-5-9(12(11)14(18)21-3)7-10(15-19)13(17)20-2/h4-6,19H,7H2,1-3H3/b15-10+. The van der Waals surface area contributed by atoms with Crippen molar-refractivity contribution in [1.29, 1.82) is 0 Å². The number of esters is 3. The van der Waals surface area contributed by atoms with Crippen molar-refractivity contribution in [3.63, 3.8) is 0 Å². The van der Waals surface area contributed by atoms with Gasteiger partial charge in [0.2, 0.25) is 0 Å². The fourth-order valence-corrected chi connectivity index (χ4v) is 1.74. The van der Waals surface area contributed by atoms with Crippen LogP contribution in [0.4, 0.5) is 0 Å². The van der Waals surface area contributed by atoms with Gasteiger partial charge in [0, 0.05) is 13.3 Å². The van der Waals surface area contributed by atoms with Gasteiger partial charge < -0.3 is 19.4 Å². The summed E-state index contributed by atoms with van der Waals surface area (Å²) < 4.78 is 14.1. The van der Waals surface area contributed by atoms with Crippen LogP contribution in [0.2, 0.25) is 0 Å². The van der Waals surface area contributed by atoms with Crippen LogP contribution in [0.5, 0.6) is 5.75 Å². The summed E-state index contributed by atoms with van der Waals surface area (Å²) in [5, 5.41) is 11.7. The lowest BCUT2D eigenvalue weighted by molar-refractivity contribution is -0.133. The minimum Gasteiger partial charge on any atom is -0.465 e. The smallest absolute Gasteiger partial charge is 0.356 e. The Morgan fingerprint density at radius 1 is 1.18 bits per heavy atom. The minimum absolute atomic E-state index is 0.0148. The Bertz CT molecular complexity index is 622. The van der Waals surface area contributed by atoms with Crippen molar-refractivity contribution in [1.82, 2.24) is 0 Å². The van der Waals surface area contributed by atoms with Gasteiger partial charge in [-0.15, -0.1) is 0 Å². The van der Waals surface area contributed by atoms with Crippen LogP contribution in [0.15, 0.2) is 23.4 Å². The summed E-state index contributed by atoms with van der Waals surface area (Å²) in [5.74, 6) is -2.24. The number of methoxy groups -OCH3 is 2. The Morgan fingerprint density at radius 3 is 2.36 bits per heavy atom. The molecule has 0 bridgehead atoms. The van der Waals surface area contributed by atoms with Crippen LogP contribution in [-0.4, -0.2) is 43.0 Å². The maximum absolute atomic E-state index is 11.9. The van der Waals surface area contributed by atoms with Gasteiger partial charge in [-0.1, -0.05) is 17.3 Å². The Labute approximate surface area is 126 Å². The number of carbonyl (C=O) groups is 3. The number of nitrogens with zero attached hydrogens (tertiary/aromatic N) is 1. The Hall–Kier alpha value is -2.90. The second kappa shape index (κ2) is 7.77. The molecule has 0 spiro atoms. The summed E-state index contributed by atoms with van der Waals surface area (Å²) in [6, 6.07) is 4.44. The van der Waals surface area contributed by atoms with Crippen LogP contribution in [0.3, 0.4) is 0 Å². The zero-order chi connectivity index (χ0) is 16.7. The fourth-order valence-electron chi connectivity index (χ4n) is 1.74. The van der Waals surface area contributed by atoms with E-state index in [2.05, 4.69) is 14.6 Å². The molecule has 1 aromatic carbocycles. The molecule has 0 aliphatic rings. The van der Waals surface area contributed by atoms with Crippen molar-refractivity contribution in [3.8, 4) is 5.75 Å². The van der Waals surface area contributed by atoms with Crippen LogP contribution >= 0.6 is 0 Å². The van der Waals surface area contributed by atoms with Crippen LogP contribution < -0.4 is 4.74 Å². The van der Waals surface area contributed by atoms with Crippen LogP contribution in [0.25, 0.3) is 0 Å². The molecule has 0 fully saturated rings. The van der Waals surface area contributed by atoms with E-state index in [1.54, 1.807) is 0 Å². The van der Waals surface area contributed by atoms with Gasteiger partial charge >= 0.3 is 17.9 Å². The molecule has 0 saturated heterocycles. The Balaban J connectivity index is 3.31. The molecule has 0 aliphatic heterocycles. The summed E-state index contributed by atoms with van der Waals surface area (Å²) in [7, 11) is 2.29. The van der Waals surface area contributed by atoms with Gasteiger partial charge in [0.05, 0.1) is 14.2 Å². The maximum atomic E-state index is 11.9. The van der Waals surface area contributed by atoms with Crippen molar-refractivity contribution in [2.75, 3.05) is 14.2 Å². The van der Waals surface area contributed by atoms with E-state index in [4.69, 9.17) is 9.94 Å². The fraction of sp³-hybridized carbons (Fsp3) is 0.286. The van der Waals surface area contributed by atoms with Gasteiger partial charge in [0.25, 0.3) is 0 Å². The molecule has 1 rings (SSSR count). The molecule has 0 unspecified atom stereocenters.